The molecule has 0 bridgehead atoms. The van der Waals surface area contributed by atoms with Crippen LogP contribution in [-0.4, -0.2) is 11.4 Å². The predicted molar refractivity (Wildman–Crippen MR) is 70.4 cm³/mol. The second kappa shape index (κ2) is 5.99. The van der Waals surface area contributed by atoms with E-state index in [0.29, 0.717) is 18.0 Å². The van der Waals surface area contributed by atoms with Gasteiger partial charge in [-0.2, -0.15) is 0 Å². The fourth-order valence-corrected chi connectivity index (χ4v) is 1.95. The standard InChI is InChI=1S/C12H16BrClFN/c1-3-12(2,8-14)16-7-9-6-10(13)4-5-11(9)15/h4-6,16H,3,7-8H2,1-2H3. The minimum atomic E-state index is -0.191. The molecular formula is C12H16BrClFN. The Labute approximate surface area is 110 Å². The maximum Gasteiger partial charge on any atom is 0.127 e. The molecule has 0 amide bonds. The molecule has 1 atom stereocenters. The molecule has 0 spiro atoms. The van der Waals surface area contributed by atoms with Crippen LogP contribution in [0.2, 0.25) is 0 Å². The van der Waals surface area contributed by atoms with Gasteiger partial charge < -0.3 is 5.32 Å². The summed E-state index contributed by atoms with van der Waals surface area (Å²) in [6, 6.07) is 4.94. The van der Waals surface area contributed by atoms with Crippen molar-refractivity contribution < 1.29 is 4.39 Å². The summed E-state index contributed by atoms with van der Waals surface area (Å²) >= 11 is 9.21. The fraction of sp³-hybridized carbons (Fsp3) is 0.500. The van der Waals surface area contributed by atoms with Gasteiger partial charge in [0.05, 0.1) is 0 Å². The minimum absolute atomic E-state index is 0.143. The average molecular weight is 309 g/mol. The Kier molecular flexibility index (Phi) is 5.22. The van der Waals surface area contributed by atoms with Crippen LogP contribution in [0.3, 0.4) is 0 Å². The predicted octanol–water partition coefficient (Wildman–Crippen LogP) is 4.09. The number of benzene rings is 1. The zero-order valence-electron chi connectivity index (χ0n) is 9.49. The molecule has 0 fully saturated rings. The van der Waals surface area contributed by atoms with Gasteiger partial charge in [0.15, 0.2) is 0 Å². The maximum absolute atomic E-state index is 13.5. The molecule has 1 aromatic carbocycles. The van der Waals surface area contributed by atoms with Gasteiger partial charge in [0, 0.05) is 28.0 Å². The topological polar surface area (TPSA) is 12.0 Å². The summed E-state index contributed by atoms with van der Waals surface area (Å²) in [5, 5.41) is 3.29. The second-order valence-corrected chi connectivity index (χ2v) is 5.32. The fourth-order valence-electron chi connectivity index (χ4n) is 1.25. The molecule has 1 rings (SSSR count). The molecule has 0 radical (unpaired) electrons. The van der Waals surface area contributed by atoms with Gasteiger partial charge >= 0.3 is 0 Å². The highest BCUT2D eigenvalue weighted by molar-refractivity contribution is 9.10. The second-order valence-electron chi connectivity index (χ2n) is 4.14. The molecule has 0 aromatic heterocycles. The van der Waals surface area contributed by atoms with Crippen molar-refractivity contribution in [1.29, 1.82) is 0 Å². The van der Waals surface area contributed by atoms with Gasteiger partial charge in [-0.3, -0.25) is 0 Å². The van der Waals surface area contributed by atoms with Crippen LogP contribution in [0.25, 0.3) is 0 Å². The van der Waals surface area contributed by atoms with Crippen molar-refractivity contribution in [3.05, 3.63) is 34.1 Å². The average Bonchev–Trinajstić information content (AvgIpc) is 2.30. The summed E-state index contributed by atoms with van der Waals surface area (Å²) in [6.07, 6.45) is 0.909. The van der Waals surface area contributed by atoms with E-state index in [9.17, 15) is 4.39 Å². The molecule has 0 heterocycles. The summed E-state index contributed by atoms with van der Waals surface area (Å²) in [5.74, 6) is 0.322. The van der Waals surface area contributed by atoms with E-state index in [1.807, 2.05) is 6.92 Å². The largest absolute Gasteiger partial charge is 0.306 e. The van der Waals surface area contributed by atoms with Crippen molar-refractivity contribution in [3.63, 3.8) is 0 Å². The zero-order chi connectivity index (χ0) is 12.2. The zero-order valence-corrected chi connectivity index (χ0v) is 11.8. The van der Waals surface area contributed by atoms with Crippen LogP contribution < -0.4 is 5.32 Å². The van der Waals surface area contributed by atoms with Crippen molar-refractivity contribution in [2.45, 2.75) is 32.4 Å². The SMILES string of the molecule is CCC(C)(CCl)NCc1cc(Br)ccc1F. The Hall–Kier alpha value is -0.120. The summed E-state index contributed by atoms with van der Waals surface area (Å²) < 4.78 is 14.3. The highest BCUT2D eigenvalue weighted by Gasteiger charge is 2.20. The number of halogens is 3. The normalized spacial score (nSPS) is 14.8. The first-order chi connectivity index (χ1) is 7.50. The third-order valence-electron chi connectivity index (χ3n) is 2.79. The number of hydrogen-bond acceptors (Lipinski definition) is 1. The Balaban J connectivity index is 2.70. The first-order valence-corrected chi connectivity index (χ1v) is 6.58. The van der Waals surface area contributed by atoms with Crippen LogP contribution in [-0.2, 0) is 6.54 Å². The third kappa shape index (κ3) is 3.72. The van der Waals surface area contributed by atoms with Gasteiger partial charge in [0.1, 0.15) is 5.82 Å². The number of alkyl halides is 1. The van der Waals surface area contributed by atoms with Crippen LogP contribution in [0.5, 0.6) is 0 Å². The first kappa shape index (κ1) is 13.9. The lowest BCUT2D eigenvalue weighted by Crippen LogP contribution is -2.43. The Morgan fingerprint density at radius 2 is 2.19 bits per heavy atom. The molecular weight excluding hydrogens is 292 g/mol. The van der Waals surface area contributed by atoms with Crippen molar-refractivity contribution in [2.75, 3.05) is 5.88 Å². The number of nitrogens with one attached hydrogen (secondary N) is 1. The van der Waals surface area contributed by atoms with Gasteiger partial charge in [-0.1, -0.05) is 22.9 Å². The summed E-state index contributed by atoms with van der Waals surface area (Å²) in [7, 11) is 0. The van der Waals surface area contributed by atoms with E-state index in [0.717, 1.165) is 10.9 Å². The Bertz CT molecular complexity index is 353. The summed E-state index contributed by atoms with van der Waals surface area (Å²) in [4.78, 5) is 0. The van der Waals surface area contributed by atoms with Gasteiger partial charge in [-0.05, 0) is 31.5 Å². The van der Waals surface area contributed by atoms with Crippen LogP contribution in [0.4, 0.5) is 4.39 Å². The molecule has 0 saturated carbocycles. The summed E-state index contributed by atoms with van der Waals surface area (Å²) in [5.41, 5.74) is 0.509. The Morgan fingerprint density at radius 1 is 1.50 bits per heavy atom. The van der Waals surface area contributed by atoms with Crippen molar-refractivity contribution in [1.82, 2.24) is 5.32 Å². The van der Waals surface area contributed by atoms with Gasteiger partial charge in [-0.25, -0.2) is 4.39 Å². The molecule has 0 saturated heterocycles. The van der Waals surface area contributed by atoms with E-state index in [2.05, 4.69) is 28.2 Å². The van der Waals surface area contributed by atoms with E-state index >= 15 is 0 Å². The Morgan fingerprint density at radius 3 is 2.75 bits per heavy atom. The number of hydrogen-bond donors (Lipinski definition) is 1. The van der Waals surface area contributed by atoms with Crippen LogP contribution in [0.15, 0.2) is 22.7 Å². The van der Waals surface area contributed by atoms with E-state index in [4.69, 9.17) is 11.6 Å². The minimum Gasteiger partial charge on any atom is -0.306 e. The quantitative estimate of drug-likeness (QED) is 0.808. The van der Waals surface area contributed by atoms with Crippen molar-refractivity contribution in [2.24, 2.45) is 0 Å². The van der Waals surface area contributed by atoms with E-state index in [-0.39, 0.29) is 11.4 Å². The van der Waals surface area contributed by atoms with E-state index < -0.39 is 0 Å². The molecule has 16 heavy (non-hydrogen) atoms. The van der Waals surface area contributed by atoms with Crippen molar-refractivity contribution >= 4 is 27.5 Å². The van der Waals surface area contributed by atoms with Gasteiger partial charge in [0.25, 0.3) is 0 Å². The van der Waals surface area contributed by atoms with Crippen LogP contribution >= 0.6 is 27.5 Å². The van der Waals surface area contributed by atoms with E-state index in [1.54, 1.807) is 12.1 Å². The van der Waals surface area contributed by atoms with Gasteiger partial charge in [-0.15, -0.1) is 11.6 Å². The lowest BCUT2D eigenvalue weighted by Gasteiger charge is -2.27. The first-order valence-electron chi connectivity index (χ1n) is 5.25. The smallest absolute Gasteiger partial charge is 0.127 e. The monoisotopic (exact) mass is 307 g/mol. The summed E-state index contributed by atoms with van der Waals surface area (Å²) in [6.45, 7) is 4.59. The molecule has 90 valence electrons. The van der Waals surface area contributed by atoms with E-state index in [1.165, 1.54) is 6.07 Å². The molecule has 0 aliphatic heterocycles. The van der Waals surface area contributed by atoms with Crippen molar-refractivity contribution in [3.8, 4) is 0 Å². The van der Waals surface area contributed by atoms with Crippen LogP contribution in [0, 0.1) is 5.82 Å². The maximum atomic E-state index is 13.5. The molecule has 0 aliphatic rings. The van der Waals surface area contributed by atoms with Crippen LogP contribution in [0.1, 0.15) is 25.8 Å². The molecule has 1 N–H and O–H groups in total. The van der Waals surface area contributed by atoms with Gasteiger partial charge in [0.2, 0.25) is 0 Å². The third-order valence-corrected chi connectivity index (χ3v) is 3.87. The number of rotatable bonds is 5. The molecule has 1 aromatic rings. The lowest BCUT2D eigenvalue weighted by molar-refractivity contribution is 0.376. The molecule has 1 nitrogen and oxygen atoms in total. The highest BCUT2D eigenvalue weighted by Crippen LogP contribution is 2.17. The molecule has 0 aliphatic carbocycles. The molecule has 4 heteroatoms. The molecule has 1 unspecified atom stereocenters. The highest BCUT2D eigenvalue weighted by atomic mass is 79.9. The lowest BCUT2D eigenvalue weighted by atomic mass is 10.0.